The first-order valence-electron chi connectivity index (χ1n) is 4.51. The van der Waals surface area contributed by atoms with E-state index in [1.807, 2.05) is 0 Å². The molecule has 7 heteroatoms. The van der Waals surface area contributed by atoms with Crippen LogP contribution in [0.3, 0.4) is 0 Å². The molecule has 2 N–H and O–H groups in total. The highest BCUT2D eigenvalue weighted by molar-refractivity contribution is 5.77. The van der Waals surface area contributed by atoms with Gasteiger partial charge in [0.15, 0.2) is 0 Å². The zero-order valence-corrected chi connectivity index (χ0v) is 8.37. The maximum Gasteiger partial charge on any atom is 0.433 e. The molecule has 0 atom stereocenters. The maximum atomic E-state index is 10.3. The molecule has 16 heavy (non-hydrogen) atoms. The molecule has 0 spiro atoms. The molecule has 0 saturated heterocycles. The van der Waals surface area contributed by atoms with E-state index < -0.39 is 4.92 Å². The summed E-state index contributed by atoms with van der Waals surface area (Å²) in [6, 6.07) is 2.77. The highest BCUT2D eigenvalue weighted by Crippen LogP contribution is 2.16. The van der Waals surface area contributed by atoms with Gasteiger partial charge in [-0.25, -0.2) is 0 Å². The third kappa shape index (κ3) is 3.93. The van der Waals surface area contributed by atoms with Crippen LogP contribution < -0.4 is 5.43 Å². The Kier molecular flexibility index (Phi) is 4.74. The van der Waals surface area contributed by atoms with Crippen LogP contribution in [0.4, 0.5) is 5.88 Å². The SMILES string of the molecule is O=[N+]([O-])c1ccc(/C=C\C=N/NCCO)o1. The van der Waals surface area contributed by atoms with Gasteiger partial charge in [-0.3, -0.25) is 10.1 Å². The van der Waals surface area contributed by atoms with E-state index >= 15 is 0 Å². The fourth-order valence-electron chi connectivity index (χ4n) is 0.878. The fourth-order valence-corrected chi connectivity index (χ4v) is 0.878. The Balaban J connectivity index is 2.43. The molecule has 0 aliphatic carbocycles. The highest BCUT2D eigenvalue weighted by atomic mass is 16.6. The number of nitrogens with one attached hydrogen (secondary N) is 1. The van der Waals surface area contributed by atoms with Crippen molar-refractivity contribution in [1.82, 2.24) is 5.43 Å². The van der Waals surface area contributed by atoms with Gasteiger partial charge in [0, 0.05) is 6.21 Å². The Hall–Kier alpha value is -2.15. The van der Waals surface area contributed by atoms with Crippen molar-refractivity contribution in [3.05, 3.63) is 34.1 Å². The second-order valence-corrected chi connectivity index (χ2v) is 2.70. The molecule has 0 aliphatic rings. The minimum absolute atomic E-state index is 0.00539. The number of hydrogen-bond acceptors (Lipinski definition) is 6. The minimum Gasteiger partial charge on any atom is -0.401 e. The lowest BCUT2D eigenvalue weighted by Crippen LogP contribution is -2.10. The Bertz CT molecular complexity index is 397. The summed E-state index contributed by atoms with van der Waals surface area (Å²) in [5.41, 5.74) is 2.57. The number of aliphatic hydroxyl groups excluding tert-OH is 1. The van der Waals surface area contributed by atoms with Crippen molar-refractivity contribution >= 4 is 18.2 Å². The zero-order chi connectivity index (χ0) is 11.8. The third-order valence-electron chi connectivity index (χ3n) is 1.53. The first-order chi connectivity index (χ1) is 7.74. The van der Waals surface area contributed by atoms with Crippen LogP contribution in [0.1, 0.15) is 5.76 Å². The van der Waals surface area contributed by atoms with Crippen molar-refractivity contribution in [3.63, 3.8) is 0 Å². The molecular weight excluding hydrogens is 214 g/mol. The number of nitrogens with zero attached hydrogens (tertiary/aromatic N) is 2. The second kappa shape index (κ2) is 6.36. The summed E-state index contributed by atoms with van der Waals surface area (Å²) in [6.45, 7) is 0.377. The van der Waals surface area contributed by atoms with Gasteiger partial charge in [-0.15, -0.1) is 0 Å². The fraction of sp³-hybridized carbons (Fsp3) is 0.222. The van der Waals surface area contributed by atoms with Crippen molar-refractivity contribution in [1.29, 1.82) is 0 Å². The van der Waals surface area contributed by atoms with Gasteiger partial charge in [0.1, 0.15) is 10.7 Å². The predicted octanol–water partition coefficient (Wildman–Crippen LogP) is 0.769. The number of hydrogen-bond donors (Lipinski definition) is 2. The van der Waals surface area contributed by atoms with Gasteiger partial charge in [0.25, 0.3) is 0 Å². The summed E-state index contributed by atoms with van der Waals surface area (Å²) in [4.78, 5) is 9.69. The Morgan fingerprint density at radius 3 is 3.06 bits per heavy atom. The number of allylic oxidation sites excluding steroid dienone is 1. The van der Waals surface area contributed by atoms with Crippen LogP contribution >= 0.6 is 0 Å². The van der Waals surface area contributed by atoms with Gasteiger partial charge >= 0.3 is 5.88 Å². The molecule has 0 amide bonds. The van der Waals surface area contributed by atoms with Crippen LogP contribution in [-0.4, -0.2) is 29.4 Å². The average molecular weight is 225 g/mol. The Morgan fingerprint density at radius 2 is 2.44 bits per heavy atom. The quantitative estimate of drug-likeness (QED) is 0.322. The van der Waals surface area contributed by atoms with Crippen LogP contribution in [0, 0.1) is 10.1 Å². The maximum absolute atomic E-state index is 10.3. The molecule has 86 valence electrons. The summed E-state index contributed by atoms with van der Waals surface area (Å²) in [6.07, 6.45) is 4.55. The number of furan rings is 1. The van der Waals surface area contributed by atoms with Crippen molar-refractivity contribution in [2.75, 3.05) is 13.2 Å². The summed E-state index contributed by atoms with van der Waals surface area (Å²) in [5.74, 6) is 0.0790. The topological polar surface area (TPSA) is 101 Å². The molecule has 0 fully saturated rings. The van der Waals surface area contributed by atoms with E-state index in [1.54, 1.807) is 6.08 Å². The van der Waals surface area contributed by atoms with Gasteiger partial charge in [-0.1, -0.05) is 0 Å². The largest absolute Gasteiger partial charge is 0.433 e. The van der Waals surface area contributed by atoms with Crippen LogP contribution in [-0.2, 0) is 0 Å². The van der Waals surface area contributed by atoms with Crippen molar-refractivity contribution in [2.45, 2.75) is 0 Å². The van der Waals surface area contributed by atoms with Crippen LogP contribution in [0.5, 0.6) is 0 Å². The molecule has 1 aromatic heterocycles. The van der Waals surface area contributed by atoms with E-state index in [4.69, 9.17) is 9.52 Å². The lowest BCUT2D eigenvalue weighted by molar-refractivity contribution is -0.402. The lowest BCUT2D eigenvalue weighted by atomic mass is 10.4. The average Bonchev–Trinajstić information content (AvgIpc) is 2.72. The van der Waals surface area contributed by atoms with Crippen LogP contribution in [0.15, 0.2) is 27.7 Å². The molecule has 7 nitrogen and oxygen atoms in total. The molecule has 0 aliphatic heterocycles. The van der Waals surface area contributed by atoms with E-state index in [-0.39, 0.29) is 12.5 Å². The Labute approximate surface area is 91.2 Å². The molecule has 1 rings (SSSR count). The molecule has 0 saturated carbocycles. The number of hydrazone groups is 1. The third-order valence-corrected chi connectivity index (χ3v) is 1.53. The summed E-state index contributed by atoms with van der Waals surface area (Å²) in [7, 11) is 0. The predicted molar refractivity (Wildman–Crippen MR) is 58.0 cm³/mol. The molecule has 0 radical (unpaired) electrons. The van der Waals surface area contributed by atoms with E-state index in [0.717, 1.165) is 0 Å². The van der Waals surface area contributed by atoms with Gasteiger partial charge in [0.2, 0.25) is 0 Å². The van der Waals surface area contributed by atoms with E-state index in [9.17, 15) is 10.1 Å². The molecule has 1 heterocycles. The smallest absolute Gasteiger partial charge is 0.401 e. The minimum atomic E-state index is -0.603. The number of aliphatic hydroxyl groups is 1. The first-order valence-corrected chi connectivity index (χ1v) is 4.51. The standard InChI is InChI=1S/C9H11N3O4/c13-7-6-11-10-5-1-2-8-3-4-9(16-8)12(14)15/h1-5,11,13H,6-7H2/b2-1-,10-5-. The van der Waals surface area contributed by atoms with Crippen LogP contribution in [0.2, 0.25) is 0 Å². The van der Waals surface area contributed by atoms with E-state index in [2.05, 4.69) is 10.5 Å². The summed E-state index contributed by atoms with van der Waals surface area (Å²) < 4.78 is 4.86. The number of nitro groups is 1. The summed E-state index contributed by atoms with van der Waals surface area (Å²) >= 11 is 0. The number of rotatable bonds is 6. The van der Waals surface area contributed by atoms with E-state index in [0.29, 0.717) is 12.3 Å². The van der Waals surface area contributed by atoms with Gasteiger partial charge in [0.05, 0.1) is 19.2 Å². The second-order valence-electron chi connectivity index (χ2n) is 2.70. The Morgan fingerprint density at radius 1 is 1.62 bits per heavy atom. The molecule has 0 aromatic carbocycles. The van der Waals surface area contributed by atoms with Crippen molar-refractivity contribution in [2.24, 2.45) is 5.10 Å². The molecule has 0 unspecified atom stereocenters. The van der Waals surface area contributed by atoms with Gasteiger partial charge in [-0.05, 0) is 18.2 Å². The zero-order valence-electron chi connectivity index (χ0n) is 8.37. The van der Waals surface area contributed by atoms with Crippen LogP contribution in [0.25, 0.3) is 6.08 Å². The normalized spacial score (nSPS) is 11.3. The monoisotopic (exact) mass is 225 g/mol. The van der Waals surface area contributed by atoms with E-state index in [1.165, 1.54) is 24.4 Å². The molecule has 1 aromatic rings. The van der Waals surface area contributed by atoms with Gasteiger partial charge in [-0.2, -0.15) is 5.10 Å². The van der Waals surface area contributed by atoms with Crippen molar-refractivity contribution < 1.29 is 14.4 Å². The van der Waals surface area contributed by atoms with Crippen molar-refractivity contribution in [3.8, 4) is 0 Å². The summed E-state index contributed by atoms with van der Waals surface area (Å²) in [5, 5.41) is 22.4. The van der Waals surface area contributed by atoms with Gasteiger partial charge < -0.3 is 14.9 Å². The molecular formula is C9H11N3O4. The first kappa shape index (κ1) is 11.9. The molecule has 0 bridgehead atoms. The lowest BCUT2D eigenvalue weighted by Gasteiger charge is -1.91. The highest BCUT2D eigenvalue weighted by Gasteiger charge is 2.09.